The van der Waals surface area contributed by atoms with Crippen molar-refractivity contribution in [1.82, 2.24) is 15.1 Å². The minimum absolute atomic E-state index is 0.00759. The standard InChI is InChI=1S/C17H34N4O2/c1-13(2)11-14(3)20(4)17(23)19-8-6-10-21-9-5-7-15(12-21)16(18)22/h13-15H,5-12H2,1-4H3,(H2,18,22)(H,19,23)/t14-,15-/m0/s1. The number of carbonyl (C=O) groups excluding carboxylic acids is 2. The maximum Gasteiger partial charge on any atom is 0.317 e. The Balaban J connectivity index is 2.21. The summed E-state index contributed by atoms with van der Waals surface area (Å²) < 4.78 is 0. The zero-order valence-corrected chi connectivity index (χ0v) is 15.2. The second-order valence-corrected chi connectivity index (χ2v) is 7.22. The molecule has 0 unspecified atom stereocenters. The van der Waals surface area contributed by atoms with Crippen LogP contribution in [0, 0.1) is 11.8 Å². The number of carbonyl (C=O) groups is 2. The molecule has 1 saturated heterocycles. The van der Waals surface area contributed by atoms with Gasteiger partial charge in [0.25, 0.3) is 0 Å². The lowest BCUT2D eigenvalue weighted by Crippen LogP contribution is -2.44. The van der Waals surface area contributed by atoms with Gasteiger partial charge in [-0.1, -0.05) is 13.8 Å². The number of nitrogens with zero attached hydrogens (tertiary/aromatic N) is 2. The number of nitrogens with one attached hydrogen (secondary N) is 1. The molecular formula is C17H34N4O2. The van der Waals surface area contributed by atoms with E-state index >= 15 is 0 Å². The van der Waals surface area contributed by atoms with E-state index in [0.29, 0.717) is 12.5 Å². The number of nitrogens with two attached hydrogens (primary N) is 1. The summed E-state index contributed by atoms with van der Waals surface area (Å²) in [4.78, 5) is 27.4. The van der Waals surface area contributed by atoms with E-state index in [0.717, 1.165) is 45.3 Å². The normalized spacial score (nSPS) is 20.3. The Hall–Kier alpha value is -1.30. The number of rotatable bonds is 8. The molecule has 1 aliphatic heterocycles. The number of urea groups is 1. The average molecular weight is 326 g/mol. The van der Waals surface area contributed by atoms with Crippen LogP contribution in [-0.4, -0.2) is 61.0 Å². The second kappa shape index (κ2) is 9.75. The highest BCUT2D eigenvalue weighted by Crippen LogP contribution is 2.16. The largest absolute Gasteiger partial charge is 0.369 e. The fraction of sp³-hybridized carbons (Fsp3) is 0.882. The van der Waals surface area contributed by atoms with Gasteiger partial charge in [-0.15, -0.1) is 0 Å². The molecule has 3 N–H and O–H groups in total. The third-order valence-corrected chi connectivity index (χ3v) is 4.63. The molecule has 1 fully saturated rings. The van der Waals surface area contributed by atoms with Crippen LogP contribution in [0.2, 0.25) is 0 Å². The number of piperidine rings is 1. The molecule has 1 rings (SSSR count). The van der Waals surface area contributed by atoms with Crippen molar-refractivity contribution in [2.75, 3.05) is 33.2 Å². The van der Waals surface area contributed by atoms with E-state index in [9.17, 15) is 9.59 Å². The maximum absolute atomic E-state index is 12.1. The smallest absolute Gasteiger partial charge is 0.317 e. The lowest BCUT2D eigenvalue weighted by atomic mass is 9.97. The van der Waals surface area contributed by atoms with Crippen molar-refractivity contribution in [2.24, 2.45) is 17.6 Å². The van der Waals surface area contributed by atoms with Gasteiger partial charge in [-0.25, -0.2) is 4.79 Å². The van der Waals surface area contributed by atoms with E-state index in [1.807, 2.05) is 7.05 Å². The fourth-order valence-electron chi connectivity index (χ4n) is 3.15. The molecule has 0 radical (unpaired) electrons. The molecule has 6 heteroatoms. The summed E-state index contributed by atoms with van der Waals surface area (Å²) in [6.45, 7) is 9.75. The topological polar surface area (TPSA) is 78.7 Å². The molecule has 6 nitrogen and oxygen atoms in total. The van der Waals surface area contributed by atoms with Gasteiger partial charge in [0.1, 0.15) is 0 Å². The highest BCUT2D eigenvalue weighted by atomic mass is 16.2. The van der Waals surface area contributed by atoms with Crippen LogP contribution >= 0.6 is 0 Å². The highest BCUT2D eigenvalue weighted by Gasteiger charge is 2.23. The van der Waals surface area contributed by atoms with Crippen molar-refractivity contribution >= 4 is 11.9 Å². The summed E-state index contributed by atoms with van der Waals surface area (Å²) in [5.41, 5.74) is 5.39. The van der Waals surface area contributed by atoms with Gasteiger partial charge in [0.2, 0.25) is 5.91 Å². The SMILES string of the molecule is CC(C)C[C@H](C)N(C)C(=O)NCCCN1CCC[C@H](C(N)=O)C1. The third-order valence-electron chi connectivity index (χ3n) is 4.63. The molecule has 2 atom stereocenters. The van der Waals surface area contributed by atoms with Crippen LogP contribution in [-0.2, 0) is 4.79 Å². The summed E-state index contributed by atoms with van der Waals surface area (Å²) in [5.74, 6) is 0.377. The Bertz CT molecular complexity index is 387. The number of hydrogen-bond acceptors (Lipinski definition) is 3. The van der Waals surface area contributed by atoms with Gasteiger partial charge in [-0.2, -0.15) is 0 Å². The Labute approximate surface area is 140 Å². The number of likely N-dealkylation sites (tertiary alicyclic amines) is 1. The van der Waals surface area contributed by atoms with Gasteiger partial charge < -0.3 is 20.9 Å². The third kappa shape index (κ3) is 7.20. The van der Waals surface area contributed by atoms with Gasteiger partial charge in [-0.05, 0) is 51.6 Å². The molecule has 0 aromatic carbocycles. The highest BCUT2D eigenvalue weighted by molar-refractivity contribution is 5.77. The maximum atomic E-state index is 12.1. The molecule has 0 aromatic rings. The molecule has 1 aliphatic rings. The van der Waals surface area contributed by atoms with Crippen molar-refractivity contribution in [2.45, 2.75) is 52.5 Å². The van der Waals surface area contributed by atoms with Gasteiger partial charge >= 0.3 is 6.03 Å². The van der Waals surface area contributed by atoms with Crippen molar-refractivity contribution in [3.8, 4) is 0 Å². The Morgan fingerprint density at radius 2 is 2.04 bits per heavy atom. The minimum atomic E-state index is -0.191. The van der Waals surface area contributed by atoms with E-state index in [2.05, 4.69) is 31.0 Å². The molecular weight excluding hydrogens is 292 g/mol. The van der Waals surface area contributed by atoms with Crippen LogP contribution in [0.25, 0.3) is 0 Å². The van der Waals surface area contributed by atoms with Gasteiger partial charge in [-0.3, -0.25) is 4.79 Å². The second-order valence-electron chi connectivity index (χ2n) is 7.22. The van der Waals surface area contributed by atoms with Gasteiger partial charge in [0.15, 0.2) is 0 Å². The Kier molecular flexibility index (Phi) is 8.37. The van der Waals surface area contributed by atoms with Crippen LogP contribution in [0.3, 0.4) is 0 Å². The van der Waals surface area contributed by atoms with Crippen molar-refractivity contribution < 1.29 is 9.59 Å². The van der Waals surface area contributed by atoms with E-state index in [1.54, 1.807) is 4.90 Å². The quantitative estimate of drug-likeness (QED) is 0.666. The van der Waals surface area contributed by atoms with Gasteiger partial charge in [0, 0.05) is 26.2 Å². The average Bonchev–Trinajstić information content (AvgIpc) is 2.50. The summed E-state index contributed by atoms with van der Waals surface area (Å²) >= 11 is 0. The lowest BCUT2D eigenvalue weighted by Gasteiger charge is -2.31. The van der Waals surface area contributed by atoms with Crippen LogP contribution in [0.1, 0.15) is 46.5 Å². The van der Waals surface area contributed by atoms with Crippen LogP contribution in [0.15, 0.2) is 0 Å². The van der Waals surface area contributed by atoms with Gasteiger partial charge in [0.05, 0.1) is 5.92 Å². The molecule has 0 aromatic heterocycles. The van der Waals surface area contributed by atoms with Crippen LogP contribution in [0.5, 0.6) is 0 Å². The molecule has 0 aliphatic carbocycles. The molecule has 1 heterocycles. The summed E-state index contributed by atoms with van der Waals surface area (Å²) in [5, 5.41) is 2.98. The Morgan fingerprint density at radius 1 is 1.35 bits per heavy atom. The summed E-state index contributed by atoms with van der Waals surface area (Å²) in [6, 6.07) is 0.236. The van der Waals surface area contributed by atoms with Crippen molar-refractivity contribution in [1.29, 1.82) is 0 Å². The predicted octanol–water partition coefficient (Wildman–Crippen LogP) is 1.65. The molecule has 0 bridgehead atoms. The monoisotopic (exact) mass is 326 g/mol. The Morgan fingerprint density at radius 3 is 2.65 bits per heavy atom. The van der Waals surface area contributed by atoms with Crippen LogP contribution in [0.4, 0.5) is 4.79 Å². The van der Waals surface area contributed by atoms with Crippen molar-refractivity contribution in [3.63, 3.8) is 0 Å². The van der Waals surface area contributed by atoms with E-state index < -0.39 is 0 Å². The number of amides is 3. The van der Waals surface area contributed by atoms with Crippen molar-refractivity contribution in [3.05, 3.63) is 0 Å². The van der Waals surface area contributed by atoms with E-state index in [1.165, 1.54) is 0 Å². The summed E-state index contributed by atoms with van der Waals surface area (Å²) in [6.07, 6.45) is 3.83. The molecule has 23 heavy (non-hydrogen) atoms. The van der Waals surface area contributed by atoms with Crippen LogP contribution < -0.4 is 11.1 Å². The number of primary amides is 1. The fourth-order valence-corrected chi connectivity index (χ4v) is 3.15. The first-order chi connectivity index (χ1) is 10.8. The molecule has 0 saturated carbocycles. The summed E-state index contributed by atoms with van der Waals surface area (Å²) in [7, 11) is 1.85. The lowest BCUT2D eigenvalue weighted by molar-refractivity contribution is -0.123. The zero-order valence-electron chi connectivity index (χ0n) is 15.2. The number of hydrogen-bond donors (Lipinski definition) is 2. The molecule has 3 amide bonds. The first kappa shape index (κ1) is 19.7. The van der Waals surface area contributed by atoms with E-state index in [-0.39, 0.29) is 23.9 Å². The minimum Gasteiger partial charge on any atom is -0.369 e. The first-order valence-corrected chi connectivity index (χ1v) is 8.83. The zero-order chi connectivity index (χ0) is 17.4. The predicted molar refractivity (Wildman–Crippen MR) is 93.1 cm³/mol. The first-order valence-electron chi connectivity index (χ1n) is 8.83. The van der Waals surface area contributed by atoms with E-state index in [4.69, 9.17) is 5.73 Å². The molecule has 134 valence electrons. The molecule has 0 spiro atoms.